The Hall–Kier alpha value is -1.71. The average Bonchev–Trinajstić information content (AvgIpc) is 2.19. The fourth-order valence-electron chi connectivity index (χ4n) is 1.57. The Labute approximate surface area is 87.9 Å². The van der Waals surface area contributed by atoms with Gasteiger partial charge in [-0.1, -0.05) is 12.1 Å². The van der Waals surface area contributed by atoms with E-state index in [4.69, 9.17) is 9.84 Å². The third-order valence-corrected chi connectivity index (χ3v) is 2.62. The maximum absolute atomic E-state index is 11.1. The Morgan fingerprint density at radius 2 is 2.33 bits per heavy atom. The standard InChI is InChI=1S/C11H13NO3/c1-7-4-3-5-8-9(7)12-11(2,6-15-8)10(13)14/h3-5,12H,6H2,1-2H3,(H,13,14). The summed E-state index contributed by atoms with van der Waals surface area (Å²) in [5, 5.41) is 12.1. The Morgan fingerprint density at radius 3 is 3.00 bits per heavy atom. The lowest BCUT2D eigenvalue weighted by Gasteiger charge is -2.34. The van der Waals surface area contributed by atoms with Crippen molar-refractivity contribution in [2.75, 3.05) is 11.9 Å². The van der Waals surface area contributed by atoms with Gasteiger partial charge < -0.3 is 15.2 Å². The fourth-order valence-corrected chi connectivity index (χ4v) is 1.57. The molecule has 0 radical (unpaired) electrons. The molecule has 1 aromatic rings. The van der Waals surface area contributed by atoms with Crippen molar-refractivity contribution in [3.8, 4) is 5.75 Å². The van der Waals surface area contributed by atoms with E-state index in [1.165, 1.54) is 0 Å². The first-order chi connectivity index (χ1) is 7.03. The quantitative estimate of drug-likeness (QED) is 0.735. The molecule has 1 heterocycles. The number of anilines is 1. The van der Waals surface area contributed by atoms with Crippen molar-refractivity contribution in [3.63, 3.8) is 0 Å². The summed E-state index contributed by atoms with van der Waals surface area (Å²) in [6, 6.07) is 5.64. The molecule has 0 spiro atoms. The van der Waals surface area contributed by atoms with E-state index in [2.05, 4.69) is 5.32 Å². The predicted octanol–water partition coefficient (Wildman–Crippen LogP) is 1.64. The van der Waals surface area contributed by atoms with Crippen molar-refractivity contribution in [1.29, 1.82) is 0 Å². The molecule has 0 amide bonds. The molecule has 2 N–H and O–H groups in total. The largest absolute Gasteiger partial charge is 0.488 e. The SMILES string of the molecule is Cc1cccc2c1NC(C)(C(=O)O)CO2. The highest BCUT2D eigenvalue weighted by Crippen LogP contribution is 2.34. The molecule has 15 heavy (non-hydrogen) atoms. The molecular weight excluding hydrogens is 194 g/mol. The van der Waals surface area contributed by atoms with Crippen LogP contribution < -0.4 is 10.1 Å². The lowest BCUT2D eigenvalue weighted by Crippen LogP contribution is -2.50. The highest BCUT2D eigenvalue weighted by molar-refractivity contribution is 5.85. The Morgan fingerprint density at radius 1 is 1.60 bits per heavy atom. The van der Waals surface area contributed by atoms with Gasteiger partial charge in [0.25, 0.3) is 0 Å². The summed E-state index contributed by atoms with van der Waals surface area (Å²) in [5.41, 5.74) is 0.715. The second kappa shape index (κ2) is 3.15. The molecule has 4 heteroatoms. The summed E-state index contributed by atoms with van der Waals surface area (Å²) >= 11 is 0. The molecule has 1 aliphatic rings. The molecule has 0 aromatic heterocycles. The number of aliphatic carboxylic acids is 1. The average molecular weight is 207 g/mol. The van der Waals surface area contributed by atoms with E-state index in [0.717, 1.165) is 11.3 Å². The van der Waals surface area contributed by atoms with E-state index in [0.29, 0.717) is 5.75 Å². The molecule has 1 atom stereocenters. The number of fused-ring (bicyclic) bond motifs is 1. The Bertz CT molecular complexity index is 416. The summed E-state index contributed by atoms with van der Waals surface area (Å²) in [6.07, 6.45) is 0. The zero-order valence-corrected chi connectivity index (χ0v) is 8.70. The second-order valence-electron chi connectivity index (χ2n) is 4.00. The van der Waals surface area contributed by atoms with Crippen LogP contribution in [0.4, 0.5) is 5.69 Å². The van der Waals surface area contributed by atoms with Crippen LogP contribution in [-0.4, -0.2) is 23.2 Å². The van der Waals surface area contributed by atoms with Crippen LogP contribution >= 0.6 is 0 Å². The fraction of sp³-hybridized carbons (Fsp3) is 0.364. The number of hydrogen-bond donors (Lipinski definition) is 2. The summed E-state index contributed by atoms with van der Waals surface area (Å²) in [6.45, 7) is 3.67. The molecule has 0 saturated heterocycles. The second-order valence-corrected chi connectivity index (χ2v) is 4.00. The molecule has 2 rings (SSSR count). The first-order valence-electron chi connectivity index (χ1n) is 4.77. The highest BCUT2D eigenvalue weighted by atomic mass is 16.5. The van der Waals surface area contributed by atoms with Gasteiger partial charge in [-0.25, -0.2) is 4.79 Å². The molecule has 0 bridgehead atoms. The maximum atomic E-state index is 11.1. The third kappa shape index (κ3) is 1.52. The first kappa shape index (κ1) is 9.83. The van der Waals surface area contributed by atoms with Gasteiger partial charge in [0.15, 0.2) is 5.54 Å². The third-order valence-electron chi connectivity index (χ3n) is 2.62. The number of aryl methyl sites for hydroxylation is 1. The van der Waals surface area contributed by atoms with Crippen molar-refractivity contribution in [3.05, 3.63) is 23.8 Å². The molecule has 0 fully saturated rings. The summed E-state index contributed by atoms with van der Waals surface area (Å²) in [5.74, 6) is -0.190. The summed E-state index contributed by atoms with van der Waals surface area (Å²) in [4.78, 5) is 11.1. The summed E-state index contributed by atoms with van der Waals surface area (Å²) in [7, 11) is 0. The van der Waals surface area contributed by atoms with Crippen LogP contribution in [0.3, 0.4) is 0 Å². The van der Waals surface area contributed by atoms with Crippen LogP contribution in [0.5, 0.6) is 5.75 Å². The number of rotatable bonds is 1. The minimum atomic E-state index is -1.04. The number of carboxylic acid groups (broad SMARTS) is 1. The maximum Gasteiger partial charge on any atom is 0.332 e. The first-order valence-corrected chi connectivity index (χ1v) is 4.77. The van der Waals surface area contributed by atoms with Crippen LogP contribution in [0, 0.1) is 6.92 Å². The molecule has 1 aromatic carbocycles. The topological polar surface area (TPSA) is 58.6 Å². The molecule has 1 aliphatic heterocycles. The van der Waals surface area contributed by atoms with Gasteiger partial charge in [0.05, 0.1) is 5.69 Å². The van der Waals surface area contributed by atoms with Crippen LogP contribution in [0.15, 0.2) is 18.2 Å². The number of hydrogen-bond acceptors (Lipinski definition) is 3. The van der Waals surface area contributed by atoms with Crippen LogP contribution in [0.2, 0.25) is 0 Å². The van der Waals surface area contributed by atoms with Crippen molar-refractivity contribution in [2.45, 2.75) is 19.4 Å². The van der Waals surface area contributed by atoms with Crippen molar-refractivity contribution >= 4 is 11.7 Å². The smallest absolute Gasteiger partial charge is 0.332 e. The van der Waals surface area contributed by atoms with Crippen molar-refractivity contribution < 1.29 is 14.6 Å². The van der Waals surface area contributed by atoms with Gasteiger partial charge >= 0.3 is 5.97 Å². The van der Waals surface area contributed by atoms with Gasteiger partial charge in [0, 0.05) is 0 Å². The van der Waals surface area contributed by atoms with Gasteiger partial charge in [0.1, 0.15) is 12.4 Å². The Balaban J connectivity index is 2.42. The minimum absolute atomic E-state index is 0.138. The van der Waals surface area contributed by atoms with E-state index in [9.17, 15) is 4.79 Å². The number of carbonyl (C=O) groups is 1. The van der Waals surface area contributed by atoms with Crippen molar-refractivity contribution in [1.82, 2.24) is 0 Å². The van der Waals surface area contributed by atoms with E-state index in [-0.39, 0.29) is 6.61 Å². The van der Waals surface area contributed by atoms with Crippen LogP contribution in [0.1, 0.15) is 12.5 Å². The molecule has 1 unspecified atom stereocenters. The lowest BCUT2D eigenvalue weighted by molar-refractivity contribution is -0.143. The molecule has 80 valence electrons. The molecule has 0 aliphatic carbocycles. The number of ether oxygens (including phenoxy) is 1. The Kier molecular flexibility index (Phi) is 2.07. The van der Waals surface area contributed by atoms with Gasteiger partial charge in [-0.2, -0.15) is 0 Å². The van der Waals surface area contributed by atoms with Gasteiger partial charge in [-0.3, -0.25) is 0 Å². The highest BCUT2D eigenvalue weighted by Gasteiger charge is 2.38. The van der Waals surface area contributed by atoms with Crippen molar-refractivity contribution in [2.24, 2.45) is 0 Å². The van der Waals surface area contributed by atoms with E-state index < -0.39 is 11.5 Å². The van der Waals surface area contributed by atoms with Gasteiger partial charge in [-0.15, -0.1) is 0 Å². The number of nitrogens with one attached hydrogen (secondary N) is 1. The van der Waals surface area contributed by atoms with Crippen LogP contribution in [-0.2, 0) is 4.79 Å². The van der Waals surface area contributed by atoms with Crippen LogP contribution in [0.25, 0.3) is 0 Å². The van der Waals surface area contributed by atoms with E-state index in [1.807, 2.05) is 25.1 Å². The molecule has 4 nitrogen and oxygen atoms in total. The minimum Gasteiger partial charge on any atom is -0.488 e. The predicted molar refractivity (Wildman–Crippen MR) is 56.3 cm³/mol. The van der Waals surface area contributed by atoms with Gasteiger partial charge in [0.2, 0.25) is 0 Å². The van der Waals surface area contributed by atoms with E-state index in [1.54, 1.807) is 6.92 Å². The number of carboxylic acids is 1. The normalized spacial score (nSPS) is 23.6. The number of benzene rings is 1. The van der Waals surface area contributed by atoms with E-state index >= 15 is 0 Å². The zero-order valence-electron chi connectivity index (χ0n) is 8.70. The van der Waals surface area contributed by atoms with Gasteiger partial charge in [-0.05, 0) is 25.5 Å². The number of para-hydroxylation sites is 1. The zero-order chi connectivity index (χ0) is 11.1. The molecular formula is C11H13NO3. The summed E-state index contributed by atoms with van der Waals surface area (Å²) < 4.78 is 5.44. The monoisotopic (exact) mass is 207 g/mol. The molecule has 0 saturated carbocycles. The lowest BCUT2D eigenvalue weighted by atomic mass is 10.00.